The van der Waals surface area contributed by atoms with E-state index in [2.05, 4.69) is 21.4 Å². The van der Waals surface area contributed by atoms with Crippen LogP contribution >= 0.6 is 28.3 Å². The van der Waals surface area contributed by atoms with E-state index in [9.17, 15) is 0 Å². The Hall–Kier alpha value is -0.450. The van der Waals surface area contributed by atoms with Crippen molar-refractivity contribution >= 4 is 34.0 Å². The minimum Gasteiger partial charge on any atom is -0.493 e. The molecule has 0 aliphatic heterocycles. The Labute approximate surface area is 92.2 Å². The summed E-state index contributed by atoms with van der Waals surface area (Å²) in [5, 5.41) is 0.837. The minimum atomic E-state index is 0. The Morgan fingerprint density at radius 2 is 1.92 bits per heavy atom. The summed E-state index contributed by atoms with van der Waals surface area (Å²) in [6.45, 7) is 0.676. The van der Waals surface area contributed by atoms with Gasteiger partial charge >= 0.3 is 0 Å². The molecule has 1 rings (SSSR count). The first-order valence-corrected chi connectivity index (χ1v) is 4.74. The molecule has 0 aliphatic carbocycles. The van der Waals surface area contributed by atoms with E-state index in [1.54, 1.807) is 0 Å². The van der Waals surface area contributed by atoms with Gasteiger partial charge in [0.15, 0.2) is 0 Å². The fourth-order valence-electron chi connectivity index (χ4n) is 0.804. The summed E-state index contributed by atoms with van der Waals surface area (Å²) in [6.07, 6.45) is 0. The quantitative estimate of drug-likeness (QED) is 0.499. The van der Waals surface area contributed by atoms with Crippen molar-refractivity contribution in [2.45, 2.75) is 0 Å². The summed E-state index contributed by atoms with van der Waals surface area (Å²) in [5.41, 5.74) is 3.42. The molecule has 0 atom stereocenters. The third-order valence-corrected chi connectivity index (χ3v) is 1.69. The van der Waals surface area contributed by atoms with E-state index in [1.165, 1.54) is 0 Å². The van der Waals surface area contributed by atoms with Gasteiger partial charge in [0.25, 0.3) is 0 Å². The Bertz CT molecular complexity index is 230. The number of alkyl halides is 1. The maximum atomic E-state index is 5.34. The van der Waals surface area contributed by atoms with Gasteiger partial charge in [-0.25, -0.2) is 0 Å². The number of hydrogen-bond donors (Lipinski definition) is 2. The summed E-state index contributed by atoms with van der Waals surface area (Å²) in [6, 6.07) is 7.48. The highest BCUT2D eigenvalue weighted by Crippen LogP contribution is 2.14. The topological polar surface area (TPSA) is 47.3 Å². The van der Waals surface area contributed by atoms with Crippen LogP contribution in [0.1, 0.15) is 0 Å². The molecule has 0 heterocycles. The van der Waals surface area contributed by atoms with E-state index in [-0.39, 0.29) is 12.4 Å². The van der Waals surface area contributed by atoms with Crippen molar-refractivity contribution in [3.05, 3.63) is 24.3 Å². The molecule has 3 nitrogen and oxygen atoms in total. The van der Waals surface area contributed by atoms with Crippen LogP contribution in [0.25, 0.3) is 0 Å². The Balaban J connectivity index is 0.00000144. The number of halogens is 2. The molecule has 0 saturated carbocycles. The van der Waals surface area contributed by atoms with Gasteiger partial charge in [0.2, 0.25) is 0 Å². The Morgan fingerprint density at radius 3 is 2.38 bits per heavy atom. The van der Waals surface area contributed by atoms with Gasteiger partial charge in [0, 0.05) is 11.0 Å². The second-order valence-electron chi connectivity index (χ2n) is 2.21. The molecular formula is C8H12BrClN2O. The van der Waals surface area contributed by atoms with Crippen molar-refractivity contribution in [3.8, 4) is 5.75 Å². The normalized spacial score (nSPS) is 8.77. The second-order valence-corrected chi connectivity index (χ2v) is 3.00. The predicted molar refractivity (Wildman–Crippen MR) is 60.8 cm³/mol. The highest BCUT2D eigenvalue weighted by Gasteiger charge is 1.92. The lowest BCUT2D eigenvalue weighted by molar-refractivity contribution is 0.345. The number of rotatable bonds is 4. The average molecular weight is 268 g/mol. The lowest BCUT2D eigenvalue weighted by Gasteiger charge is -2.04. The molecule has 0 fully saturated rings. The van der Waals surface area contributed by atoms with Crippen molar-refractivity contribution < 1.29 is 4.74 Å². The van der Waals surface area contributed by atoms with E-state index in [1.807, 2.05) is 24.3 Å². The number of hydrogen-bond acceptors (Lipinski definition) is 3. The number of hydrazine groups is 1. The van der Waals surface area contributed by atoms with Crippen molar-refractivity contribution in [1.82, 2.24) is 0 Å². The third kappa shape index (κ3) is 4.36. The molecule has 0 aromatic heterocycles. The largest absolute Gasteiger partial charge is 0.493 e. The Morgan fingerprint density at radius 1 is 1.31 bits per heavy atom. The zero-order valence-corrected chi connectivity index (χ0v) is 9.40. The molecule has 5 heteroatoms. The summed E-state index contributed by atoms with van der Waals surface area (Å²) in [5.74, 6) is 6.06. The highest BCUT2D eigenvalue weighted by atomic mass is 79.9. The highest BCUT2D eigenvalue weighted by molar-refractivity contribution is 9.09. The van der Waals surface area contributed by atoms with E-state index < -0.39 is 0 Å². The van der Waals surface area contributed by atoms with Crippen LogP contribution in [0.15, 0.2) is 24.3 Å². The number of nitrogens with one attached hydrogen (secondary N) is 1. The number of ether oxygens (including phenoxy) is 1. The van der Waals surface area contributed by atoms with Crippen LogP contribution in [-0.2, 0) is 0 Å². The van der Waals surface area contributed by atoms with E-state index >= 15 is 0 Å². The summed E-state index contributed by atoms with van der Waals surface area (Å²) >= 11 is 3.28. The monoisotopic (exact) mass is 266 g/mol. The van der Waals surface area contributed by atoms with Gasteiger partial charge in [-0.15, -0.1) is 12.4 Å². The van der Waals surface area contributed by atoms with Crippen molar-refractivity contribution in [2.24, 2.45) is 5.84 Å². The maximum Gasteiger partial charge on any atom is 0.119 e. The van der Waals surface area contributed by atoms with E-state index in [0.29, 0.717) is 6.61 Å². The fourth-order valence-corrected chi connectivity index (χ4v) is 0.966. The van der Waals surface area contributed by atoms with Gasteiger partial charge in [-0.3, -0.25) is 5.84 Å². The van der Waals surface area contributed by atoms with Crippen LogP contribution in [-0.4, -0.2) is 11.9 Å². The minimum absolute atomic E-state index is 0. The lowest BCUT2D eigenvalue weighted by Crippen LogP contribution is -2.06. The molecule has 1 aromatic carbocycles. The molecule has 0 bridgehead atoms. The number of nitrogen functional groups attached to an aromatic ring is 1. The fraction of sp³-hybridized carbons (Fsp3) is 0.250. The van der Waals surface area contributed by atoms with Gasteiger partial charge in [-0.05, 0) is 24.3 Å². The van der Waals surface area contributed by atoms with Crippen LogP contribution in [0.3, 0.4) is 0 Å². The summed E-state index contributed by atoms with van der Waals surface area (Å²) in [7, 11) is 0. The first-order chi connectivity index (χ1) is 5.86. The predicted octanol–water partition coefficient (Wildman–Crippen LogP) is 2.17. The standard InChI is InChI=1S/C8H11BrN2O.ClH/c9-5-6-12-8-3-1-7(11-10)2-4-8;/h1-4,11H,5-6,10H2;1H. The molecule has 74 valence electrons. The lowest BCUT2D eigenvalue weighted by atomic mass is 10.3. The third-order valence-electron chi connectivity index (χ3n) is 1.37. The van der Waals surface area contributed by atoms with Crippen LogP contribution < -0.4 is 16.0 Å². The first-order valence-electron chi connectivity index (χ1n) is 3.62. The van der Waals surface area contributed by atoms with Crippen LogP contribution in [0.4, 0.5) is 5.69 Å². The van der Waals surface area contributed by atoms with E-state index in [4.69, 9.17) is 10.6 Å². The van der Waals surface area contributed by atoms with Gasteiger partial charge in [-0.1, -0.05) is 15.9 Å². The SMILES string of the molecule is Cl.NNc1ccc(OCCBr)cc1. The molecule has 0 amide bonds. The van der Waals surface area contributed by atoms with Gasteiger partial charge in [-0.2, -0.15) is 0 Å². The molecular weight excluding hydrogens is 255 g/mol. The van der Waals surface area contributed by atoms with Crippen molar-refractivity contribution in [2.75, 3.05) is 17.4 Å². The Kier molecular flexibility index (Phi) is 6.76. The van der Waals surface area contributed by atoms with Crippen LogP contribution in [0.2, 0.25) is 0 Å². The van der Waals surface area contributed by atoms with Crippen LogP contribution in [0.5, 0.6) is 5.75 Å². The molecule has 0 unspecified atom stereocenters. The second kappa shape index (κ2) is 7.00. The summed E-state index contributed by atoms with van der Waals surface area (Å²) in [4.78, 5) is 0. The number of benzene rings is 1. The molecule has 1 aromatic rings. The molecule has 0 saturated heterocycles. The maximum absolute atomic E-state index is 5.34. The van der Waals surface area contributed by atoms with Crippen molar-refractivity contribution in [1.29, 1.82) is 0 Å². The zero-order valence-electron chi connectivity index (χ0n) is 7.00. The average Bonchev–Trinajstić information content (AvgIpc) is 2.15. The van der Waals surface area contributed by atoms with Gasteiger partial charge in [0.1, 0.15) is 5.75 Å². The first kappa shape index (κ1) is 12.6. The van der Waals surface area contributed by atoms with E-state index in [0.717, 1.165) is 16.8 Å². The molecule has 0 radical (unpaired) electrons. The van der Waals surface area contributed by atoms with Gasteiger partial charge in [0.05, 0.1) is 6.61 Å². The zero-order chi connectivity index (χ0) is 8.81. The number of anilines is 1. The van der Waals surface area contributed by atoms with Crippen molar-refractivity contribution in [3.63, 3.8) is 0 Å². The van der Waals surface area contributed by atoms with Crippen LogP contribution in [0, 0.1) is 0 Å². The summed E-state index contributed by atoms with van der Waals surface area (Å²) < 4.78 is 5.34. The number of nitrogens with two attached hydrogens (primary N) is 1. The smallest absolute Gasteiger partial charge is 0.119 e. The molecule has 0 aliphatic rings. The molecule has 0 spiro atoms. The van der Waals surface area contributed by atoms with Gasteiger partial charge < -0.3 is 10.2 Å². The molecule has 3 N–H and O–H groups in total. The molecule has 13 heavy (non-hydrogen) atoms.